The molecule has 1 aromatic carbocycles. The summed E-state index contributed by atoms with van der Waals surface area (Å²) in [5.74, 6) is 0.490. The molecular weight excluding hydrogens is 238 g/mol. The van der Waals surface area contributed by atoms with E-state index in [2.05, 4.69) is 36.7 Å². The highest BCUT2D eigenvalue weighted by Gasteiger charge is 2.16. The minimum absolute atomic E-state index is 0.00275. The van der Waals surface area contributed by atoms with Crippen LogP contribution in [-0.4, -0.2) is 25.0 Å². The van der Waals surface area contributed by atoms with E-state index in [1.54, 1.807) is 0 Å². The number of fused-ring (bicyclic) bond motifs is 1. The van der Waals surface area contributed by atoms with Gasteiger partial charge >= 0.3 is 0 Å². The monoisotopic (exact) mass is 261 g/mol. The first-order valence-electron chi connectivity index (χ1n) is 7.04. The summed E-state index contributed by atoms with van der Waals surface area (Å²) in [6.07, 6.45) is 1.07. The Morgan fingerprint density at radius 3 is 2.63 bits per heavy atom. The molecule has 19 heavy (non-hydrogen) atoms. The van der Waals surface area contributed by atoms with Crippen molar-refractivity contribution in [3.8, 4) is 0 Å². The molecule has 2 atom stereocenters. The van der Waals surface area contributed by atoms with Gasteiger partial charge in [0.05, 0.1) is 11.4 Å². The molecule has 0 radical (unpaired) electrons. The Labute approximate surface area is 115 Å². The first-order valence-corrected chi connectivity index (χ1v) is 7.04. The van der Waals surface area contributed by atoms with Gasteiger partial charge in [-0.15, -0.1) is 0 Å². The Morgan fingerprint density at radius 1 is 1.26 bits per heavy atom. The topological polar surface area (TPSA) is 53.2 Å². The number of hydrogen-bond acceptors (Lipinski definition) is 3. The van der Waals surface area contributed by atoms with E-state index in [1.165, 1.54) is 0 Å². The van der Waals surface area contributed by atoms with Gasteiger partial charge in [-0.2, -0.15) is 0 Å². The van der Waals surface area contributed by atoms with Gasteiger partial charge in [-0.05, 0) is 31.0 Å². The van der Waals surface area contributed by atoms with Crippen molar-refractivity contribution in [2.75, 3.05) is 23.7 Å². The highest BCUT2D eigenvalue weighted by atomic mass is 16.1. The molecule has 1 aliphatic heterocycles. The highest BCUT2D eigenvalue weighted by molar-refractivity contribution is 5.96. The van der Waals surface area contributed by atoms with Gasteiger partial charge in [0.25, 0.3) is 5.91 Å². The Morgan fingerprint density at radius 2 is 1.95 bits per heavy atom. The zero-order valence-electron chi connectivity index (χ0n) is 11.9. The normalized spacial score (nSPS) is 16.6. The van der Waals surface area contributed by atoms with Crippen molar-refractivity contribution in [1.29, 1.82) is 0 Å². The van der Waals surface area contributed by atoms with Crippen LogP contribution in [-0.2, 0) is 0 Å². The van der Waals surface area contributed by atoms with E-state index in [4.69, 9.17) is 0 Å². The fraction of sp³-hybridized carbons (Fsp3) is 0.533. The van der Waals surface area contributed by atoms with Crippen molar-refractivity contribution in [3.05, 3.63) is 23.8 Å². The molecule has 0 fully saturated rings. The smallest absolute Gasteiger partial charge is 0.251 e. The SMILES string of the molecule is CCC(C)C(C)NC(=O)c1ccc2c(c1)NCCN2. The fourth-order valence-corrected chi connectivity index (χ4v) is 2.17. The van der Waals surface area contributed by atoms with Crippen LogP contribution in [0.25, 0.3) is 0 Å². The van der Waals surface area contributed by atoms with Gasteiger partial charge in [0, 0.05) is 24.7 Å². The predicted octanol–water partition coefficient (Wildman–Crippen LogP) is 2.69. The van der Waals surface area contributed by atoms with Crippen molar-refractivity contribution in [2.45, 2.75) is 33.2 Å². The largest absolute Gasteiger partial charge is 0.382 e. The van der Waals surface area contributed by atoms with Gasteiger partial charge in [-0.1, -0.05) is 20.3 Å². The summed E-state index contributed by atoms with van der Waals surface area (Å²) in [4.78, 5) is 12.2. The van der Waals surface area contributed by atoms with E-state index in [1.807, 2.05) is 18.2 Å². The van der Waals surface area contributed by atoms with E-state index in [0.29, 0.717) is 11.5 Å². The minimum atomic E-state index is 0.00275. The van der Waals surface area contributed by atoms with Crippen LogP contribution < -0.4 is 16.0 Å². The van der Waals surface area contributed by atoms with Crippen LogP contribution in [0.5, 0.6) is 0 Å². The lowest BCUT2D eigenvalue weighted by Gasteiger charge is -2.22. The molecule has 0 saturated heterocycles. The second-order valence-electron chi connectivity index (χ2n) is 5.26. The van der Waals surface area contributed by atoms with E-state index in [9.17, 15) is 4.79 Å². The van der Waals surface area contributed by atoms with Gasteiger partial charge in [-0.3, -0.25) is 4.79 Å². The van der Waals surface area contributed by atoms with E-state index in [-0.39, 0.29) is 11.9 Å². The van der Waals surface area contributed by atoms with Crippen molar-refractivity contribution in [1.82, 2.24) is 5.32 Å². The Kier molecular flexibility index (Phi) is 4.30. The third-order valence-electron chi connectivity index (χ3n) is 3.89. The molecule has 4 heteroatoms. The van der Waals surface area contributed by atoms with Crippen molar-refractivity contribution in [3.63, 3.8) is 0 Å². The molecular formula is C15H23N3O. The lowest BCUT2D eigenvalue weighted by molar-refractivity contribution is 0.0928. The summed E-state index contributed by atoms with van der Waals surface area (Å²) < 4.78 is 0. The standard InChI is InChI=1S/C15H23N3O/c1-4-10(2)11(3)18-15(19)12-5-6-13-14(9-12)17-8-7-16-13/h5-6,9-11,16-17H,4,7-8H2,1-3H3,(H,18,19). The highest BCUT2D eigenvalue weighted by Crippen LogP contribution is 2.25. The molecule has 1 aliphatic rings. The molecule has 1 aromatic rings. The van der Waals surface area contributed by atoms with Crippen LogP contribution in [0.15, 0.2) is 18.2 Å². The van der Waals surface area contributed by atoms with Gasteiger partial charge in [0.1, 0.15) is 0 Å². The van der Waals surface area contributed by atoms with Gasteiger partial charge in [-0.25, -0.2) is 0 Å². The minimum Gasteiger partial charge on any atom is -0.382 e. The molecule has 4 nitrogen and oxygen atoms in total. The maximum Gasteiger partial charge on any atom is 0.251 e. The number of rotatable bonds is 4. The number of anilines is 2. The van der Waals surface area contributed by atoms with Crippen molar-refractivity contribution >= 4 is 17.3 Å². The van der Waals surface area contributed by atoms with Crippen LogP contribution in [0.2, 0.25) is 0 Å². The molecule has 104 valence electrons. The zero-order chi connectivity index (χ0) is 13.8. The predicted molar refractivity (Wildman–Crippen MR) is 79.8 cm³/mol. The first-order chi connectivity index (χ1) is 9.11. The molecule has 0 saturated carbocycles. The van der Waals surface area contributed by atoms with Crippen LogP contribution >= 0.6 is 0 Å². The van der Waals surface area contributed by atoms with Crippen molar-refractivity contribution < 1.29 is 4.79 Å². The van der Waals surface area contributed by atoms with E-state index in [0.717, 1.165) is 30.9 Å². The first kappa shape index (κ1) is 13.7. The van der Waals surface area contributed by atoms with Gasteiger partial charge in [0.2, 0.25) is 0 Å². The number of carbonyl (C=O) groups is 1. The van der Waals surface area contributed by atoms with Crippen molar-refractivity contribution in [2.24, 2.45) is 5.92 Å². The number of nitrogens with one attached hydrogen (secondary N) is 3. The Balaban J connectivity index is 2.07. The molecule has 1 heterocycles. The lowest BCUT2D eigenvalue weighted by Crippen LogP contribution is -2.37. The number of hydrogen-bond donors (Lipinski definition) is 3. The van der Waals surface area contributed by atoms with E-state index < -0.39 is 0 Å². The maximum atomic E-state index is 12.2. The molecule has 3 N–H and O–H groups in total. The summed E-state index contributed by atoms with van der Waals surface area (Å²) >= 11 is 0. The molecule has 2 unspecified atom stereocenters. The summed E-state index contributed by atoms with van der Waals surface area (Å²) in [7, 11) is 0. The molecule has 0 spiro atoms. The number of benzene rings is 1. The third-order valence-corrected chi connectivity index (χ3v) is 3.89. The van der Waals surface area contributed by atoms with E-state index >= 15 is 0 Å². The Bertz CT molecular complexity index is 459. The number of carbonyl (C=O) groups excluding carboxylic acids is 1. The Hall–Kier alpha value is -1.71. The number of amides is 1. The third kappa shape index (κ3) is 3.19. The quantitative estimate of drug-likeness (QED) is 0.781. The van der Waals surface area contributed by atoms with Crippen LogP contribution in [0.1, 0.15) is 37.6 Å². The molecule has 0 aliphatic carbocycles. The van der Waals surface area contributed by atoms with Crippen LogP contribution in [0.3, 0.4) is 0 Å². The summed E-state index contributed by atoms with van der Waals surface area (Å²) in [5.41, 5.74) is 2.79. The molecule has 0 aromatic heterocycles. The maximum absolute atomic E-state index is 12.2. The molecule has 0 bridgehead atoms. The molecule has 1 amide bonds. The molecule has 2 rings (SSSR count). The van der Waals surface area contributed by atoms with Crippen LogP contribution in [0.4, 0.5) is 11.4 Å². The second kappa shape index (κ2) is 5.95. The van der Waals surface area contributed by atoms with Gasteiger partial charge in [0.15, 0.2) is 0 Å². The fourth-order valence-electron chi connectivity index (χ4n) is 2.17. The lowest BCUT2D eigenvalue weighted by atomic mass is 10.0. The zero-order valence-corrected chi connectivity index (χ0v) is 11.9. The average Bonchev–Trinajstić information content (AvgIpc) is 2.45. The van der Waals surface area contributed by atoms with Crippen LogP contribution in [0, 0.1) is 5.92 Å². The second-order valence-corrected chi connectivity index (χ2v) is 5.26. The summed E-state index contributed by atoms with van der Waals surface area (Å²) in [6, 6.07) is 5.95. The summed E-state index contributed by atoms with van der Waals surface area (Å²) in [5, 5.41) is 9.67. The average molecular weight is 261 g/mol. The summed E-state index contributed by atoms with van der Waals surface area (Å²) in [6.45, 7) is 8.17. The van der Waals surface area contributed by atoms with Gasteiger partial charge < -0.3 is 16.0 Å².